The van der Waals surface area contributed by atoms with E-state index in [-0.39, 0.29) is 0 Å². The number of rotatable bonds is 4. The number of anilines is 1. The van der Waals surface area contributed by atoms with Gasteiger partial charge in [-0.25, -0.2) is 0 Å². The van der Waals surface area contributed by atoms with E-state index in [1.54, 1.807) is 18.4 Å². The molecule has 2 rings (SSSR count). The van der Waals surface area contributed by atoms with Gasteiger partial charge in [-0.2, -0.15) is 0 Å². The van der Waals surface area contributed by atoms with Crippen LogP contribution in [0.15, 0.2) is 24.3 Å². The maximum absolute atomic E-state index is 5.33. The van der Waals surface area contributed by atoms with Gasteiger partial charge in [0.05, 0.1) is 7.11 Å². The molecule has 17 heavy (non-hydrogen) atoms. The van der Waals surface area contributed by atoms with E-state index in [0.29, 0.717) is 0 Å². The first kappa shape index (κ1) is 11.9. The van der Waals surface area contributed by atoms with Crippen LogP contribution in [0.25, 0.3) is 0 Å². The third kappa shape index (κ3) is 2.74. The molecule has 0 aliphatic carbocycles. The third-order valence-electron chi connectivity index (χ3n) is 2.44. The molecule has 1 aromatic carbocycles. The predicted molar refractivity (Wildman–Crippen MR) is 69.7 cm³/mol. The number of ether oxygens (including phenoxy) is 1. The highest BCUT2D eigenvalue weighted by atomic mass is 32.1. The molecule has 0 spiro atoms. The van der Waals surface area contributed by atoms with Gasteiger partial charge in [0, 0.05) is 19.2 Å². The number of nitrogens with zero attached hydrogens (tertiary/aromatic N) is 3. The molecule has 0 fully saturated rings. The number of benzene rings is 1. The smallest absolute Gasteiger partial charge is 0.208 e. The molecule has 0 unspecified atom stereocenters. The Morgan fingerprint density at radius 3 is 2.71 bits per heavy atom. The molecule has 1 aromatic heterocycles. The van der Waals surface area contributed by atoms with E-state index in [0.717, 1.165) is 28.0 Å². The largest absolute Gasteiger partial charge is 0.496 e. The molecule has 0 amide bonds. The summed E-state index contributed by atoms with van der Waals surface area (Å²) in [5.41, 5.74) is 1.14. The Balaban J connectivity index is 2.15. The SMILES string of the molecule is COc1ccccc1CN(C)c1nnc(C)s1. The molecule has 0 bridgehead atoms. The van der Waals surface area contributed by atoms with Crippen LogP contribution in [-0.4, -0.2) is 24.4 Å². The molecule has 4 nitrogen and oxygen atoms in total. The minimum atomic E-state index is 0.763. The average molecular weight is 249 g/mol. The van der Waals surface area contributed by atoms with Crippen LogP contribution in [0.1, 0.15) is 10.6 Å². The molecule has 0 saturated carbocycles. The highest BCUT2D eigenvalue weighted by Crippen LogP contribution is 2.23. The van der Waals surface area contributed by atoms with Gasteiger partial charge in [-0.05, 0) is 13.0 Å². The molecule has 90 valence electrons. The van der Waals surface area contributed by atoms with Crippen molar-refractivity contribution >= 4 is 16.5 Å². The van der Waals surface area contributed by atoms with E-state index < -0.39 is 0 Å². The lowest BCUT2D eigenvalue weighted by molar-refractivity contribution is 0.409. The normalized spacial score (nSPS) is 10.3. The van der Waals surface area contributed by atoms with Gasteiger partial charge >= 0.3 is 0 Å². The number of hydrogen-bond donors (Lipinski definition) is 0. The van der Waals surface area contributed by atoms with E-state index in [1.165, 1.54) is 0 Å². The summed E-state index contributed by atoms with van der Waals surface area (Å²) < 4.78 is 5.33. The number of methoxy groups -OCH3 is 1. The van der Waals surface area contributed by atoms with E-state index >= 15 is 0 Å². The van der Waals surface area contributed by atoms with Gasteiger partial charge in [-0.3, -0.25) is 0 Å². The fourth-order valence-electron chi connectivity index (χ4n) is 1.60. The lowest BCUT2D eigenvalue weighted by Crippen LogP contribution is -2.16. The van der Waals surface area contributed by atoms with Crippen LogP contribution in [0.2, 0.25) is 0 Å². The number of para-hydroxylation sites is 1. The third-order valence-corrected chi connectivity index (χ3v) is 3.39. The lowest BCUT2D eigenvalue weighted by Gasteiger charge is -2.16. The number of aromatic nitrogens is 2. The fraction of sp³-hybridized carbons (Fsp3) is 0.333. The summed E-state index contributed by atoms with van der Waals surface area (Å²) in [6, 6.07) is 8.01. The minimum Gasteiger partial charge on any atom is -0.496 e. The standard InChI is InChI=1S/C12H15N3OS/c1-9-13-14-12(17-9)15(2)8-10-6-4-5-7-11(10)16-3/h4-7H,8H2,1-3H3. The molecular weight excluding hydrogens is 234 g/mol. The van der Waals surface area contributed by atoms with Crippen LogP contribution >= 0.6 is 11.3 Å². The van der Waals surface area contributed by atoms with Crippen molar-refractivity contribution in [1.29, 1.82) is 0 Å². The summed E-state index contributed by atoms with van der Waals surface area (Å²) in [6.07, 6.45) is 0. The van der Waals surface area contributed by atoms with Crippen molar-refractivity contribution in [3.63, 3.8) is 0 Å². The van der Waals surface area contributed by atoms with Crippen LogP contribution in [0.5, 0.6) is 5.75 Å². The summed E-state index contributed by atoms with van der Waals surface area (Å²) in [4.78, 5) is 2.07. The average Bonchev–Trinajstić information content (AvgIpc) is 2.77. The first-order valence-corrected chi connectivity index (χ1v) is 6.15. The van der Waals surface area contributed by atoms with E-state index in [1.807, 2.05) is 32.2 Å². The van der Waals surface area contributed by atoms with Gasteiger partial charge in [0.25, 0.3) is 0 Å². The molecule has 1 heterocycles. The van der Waals surface area contributed by atoms with Crippen LogP contribution in [0.3, 0.4) is 0 Å². The fourth-order valence-corrected chi connectivity index (χ4v) is 2.25. The van der Waals surface area contributed by atoms with Crippen molar-refractivity contribution in [2.75, 3.05) is 19.1 Å². The highest BCUT2D eigenvalue weighted by molar-refractivity contribution is 7.15. The minimum absolute atomic E-state index is 0.763. The second kappa shape index (κ2) is 5.14. The molecule has 0 atom stereocenters. The second-order valence-electron chi connectivity index (χ2n) is 3.77. The van der Waals surface area contributed by atoms with E-state index in [4.69, 9.17) is 4.74 Å². The van der Waals surface area contributed by atoms with Crippen molar-refractivity contribution < 1.29 is 4.74 Å². The summed E-state index contributed by atoms with van der Waals surface area (Å²) in [7, 11) is 3.69. The van der Waals surface area contributed by atoms with Crippen molar-refractivity contribution in [2.45, 2.75) is 13.5 Å². The number of aryl methyl sites for hydroxylation is 1. The van der Waals surface area contributed by atoms with Crippen molar-refractivity contribution in [3.05, 3.63) is 34.8 Å². The van der Waals surface area contributed by atoms with Crippen LogP contribution in [-0.2, 0) is 6.54 Å². The Kier molecular flexibility index (Phi) is 3.58. The summed E-state index contributed by atoms with van der Waals surface area (Å²) in [5.74, 6) is 0.903. The Hall–Kier alpha value is -1.62. The first-order valence-electron chi connectivity index (χ1n) is 5.34. The molecule has 2 aromatic rings. The van der Waals surface area contributed by atoms with Gasteiger partial charge in [0.1, 0.15) is 10.8 Å². The van der Waals surface area contributed by atoms with Gasteiger partial charge in [-0.15, -0.1) is 10.2 Å². The first-order chi connectivity index (χ1) is 8.20. The van der Waals surface area contributed by atoms with Gasteiger partial charge in [0.2, 0.25) is 5.13 Å². The Morgan fingerprint density at radius 1 is 1.29 bits per heavy atom. The Labute approximate surface area is 105 Å². The van der Waals surface area contributed by atoms with E-state index in [9.17, 15) is 0 Å². The zero-order chi connectivity index (χ0) is 12.3. The molecular formula is C12H15N3OS. The maximum Gasteiger partial charge on any atom is 0.208 e. The summed E-state index contributed by atoms with van der Waals surface area (Å²) >= 11 is 1.59. The van der Waals surface area contributed by atoms with Gasteiger partial charge in [-0.1, -0.05) is 29.5 Å². The lowest BCUT2D eigenvalue weighted by atomic mass is 10.2. The maximum atomic E-state index is 5.33. The van der Waals surface area contributed by atoms with Crippen molar-refractivity contribution in [3.8, 4) is 5.75 Å². The Bertz CT molecular complexity index is 498. The number of hydrogen-bond acceptors (Lipinski definition) is 5. The summed E-state index contributed by atoms with van der Waals surface area (Å²) in [5, 5.41) is 10.0. The molecule has 0 aliphatic rings. The van der Waals surface area contributed by atoms with Crippen LogP contribution < -0.4 is 9.64 Å². The zero-order valence-electron chi connectivity index (χ0n) is 10.2. The molecule has 0 N–H and O–H groups in total. The van der Waals surface area contributed by atoms with Crippen molar-refractivity contribution in [1.82, 2.24) is 10.2 Å². The van der Waals surface area contributed by atoms with Gasteiger partial charge in [0.15, 0.2) is 0 Å². The topological polar surface area (TPSA) is 38.2 Å². The zero-order valence-corrected chi connectivity index (χ0v) is 11.0. The Morgan fingerprint density at radius 2 is 2.06 bits per heavy atom. The molecule has 0 radical (unpaired) electrons. The second-order valence-corrected chi connectivity index (χ2v) is 4.93. The monoisotopic (exact) mass is 249 g/mol. The molecule has 5 heteroatoms. The quantitative estimate of drug-likeness (QED) is 0.834. The highest BCUT2D eigenvalue weighted by Gasteiger charge is 2.09. The van der Waals surface area contributed by atoms with Crippen LogP contribution in [0.4, 0.5) is 5.13 Å². The van der Waals surface area contributed by atoms with Crippen molar-refractivity contribution in [2.24, 2.45) is 0 Å². The van der Waals surface area contributed by atoms with Crippen LogP contribution in [0, 0.1) is 6.92 Å². The predicted octanol–water partition coefficient (Wildman–Crippen LogP) is 2.49. The van der Waals surface area contributed by atoms with E-state index in [2.05, 4.69) is 21.2 Å². The molecule has 0 saturated heterocycles. The van der Waals surface area contributed by atoms with Gasteiger partial charge < -0.3 is 9.64 Å². The molecule has 0 aliphatic heterocycles. The summed E-state index contributed by atoms with van der Waals surface area (Å²) in [6.45, 7) is 2.72.